The molecule has 1 heterocycles. The second-order valence-electron chi connectivity index (χ2n) is 8.88. The van der Waals surface area contributed by atoms with Gasteiger partial charge in [-0.1, -0.05) is 52.3 Å². The molecular formula is C24H23BrN2O. The molecule has 3 aliphatic carbocycles. The Morgan fingerprint density at radius 1 is 1.11 bits per heavy atom. The lowest BCUT2D eigenvalue weighted by molar-refractivity contribution is 0.113. The molecule has 2 aromatic rings. The van der Waals surface area contributed by atoms with Crippen LogP contribution in [0.2, 0.25) is 0 Å². The third-order valence-electron chi connectivity index (χ3n) is 7.62. The average Bonchev–Trinajstić information content (AvgIpc) is 3.07. The molecule has 1 saturated heterocycles. The maximum absolute atomic E-state index is 12.7. The molecule has 142 valence electrons. The number of fused-ring (bicyclic) bond motifs is 4. The minimum atomic E-state index is -0.427. The van der Waals surface area contributed by atoms with Gasteiger partial charge in [0.1, 0.15) is 5.54 Å². The van der Waals surface area contributed by atoms with Crippen molar-refractivity contribution < 1.29 is 4.79 Å². The lowest BCUT2D eigenvalue weighted by atomic mass is 9.61. The van der Waals surface area contributed by atoms with E-state index in [1.165, 1.54) is 22.3 Å². The number of carbonyl (C=O) groups is 1. The summed E-state index contributed by atoms with van der Waals surface area (Å²) in [6, 6.07) is 15.6. The molecule has 2 amide bonds. The highest BCUT2D eigenvalue weighted by Gasteiger charge is 2.64. The molecule has 3 nitrogen and oxygen atoms in total. The average molecular weight is 435 g/mol. The van der Waals surface area contributed by atoms with Gasteiger partial charge in [0.25, 0.3) is 0 Å². The molecule has 3 atom stereocenters. The van der Waals surface area contributed by atoms with Crippen LogP contribution >= 0.6 is 15.9 Å². The molecule has 6 rings (SSSR count). The SMILES string of the molecule is O=C1NC2=CCCC3CC4(CCc5ccccc53)Cc3ccc(Br)cc3C24N1. The highest BCUT2D eigenvalue weighted by molar-refractivity contribution is 9.10. The van der Waals surface area contributed by atoms with Crippen LogP contribution < -0.4 is 10.6 Å². The number of halogens is 1. The number of urea groups is 1. The Morgan fingerprint density at radius 2 is 2.00 bits per heavy atom. The molecule has 2 N–H and O–H groups in total. The molecule has 28 heavy (non-hydrogen) atoms. The monoisotopic (exact) mass is 434 g/mol. The number of benzene rings is 2. The van der Waals surface area contributed by atoms with E-state index in [0.29, 0.717) is 5.92 Å². The van der Waals surface area contributed by atoms with Crippen LogP contribution in [0.3, 0.4) is 0 Å². The first-order valence-electron chi connectivity index (χ1n) is 10.3. The predicted molar refractivity (Wildman–Crippen MR) is 113 cm³/mol. The molecule has 1 fully saturated rings. The van der Waals surface area contributed by atoms with Crippen LogP contribution in [-0.2, 0) is 18.4 Å². The van der Waals surface area contributed by atoms with Gasteiger partial charge < -0.3 is 10.6 Å². The maximum atomic E-state index is 12.7. The number of hydrogen-bond donors (Lipinski definition) is 2. The lowest BCUT2D eigenvalue weighted by Gasteiger charge is -2.46. The van der Waals surface area contributed by atoms with E-state index in [-0.39, 0.29) is 11.4 Å². The van der Waals surface area contributed by atoms with E-state index in [0.717, 1.165) is 48.7 Å². The van der Waals surface area contributed by atoms with Gasteiger partial charge in [0.2, 0.25) is 0 Å². The summed E-state index contributed by atoms with van der Waals surface area (Å²) in [5.41, 5.74) is 6.34. The van der Waals surface area contributed by atoms with Crippen molar-refractivity contribution in [3.05, 3.63) is 81.0 Å². The zero-order valence-corrected chi connectivity index (χ0v) is 17.3. The van der Waals surface area contributed by atoms with Crippen molar-refractivity contribution in [3.63, 3.8) is 0 Å². The Labute approximate surface area is 173 Å². The molecule has 0 aromatic heterocycles. The van der Waals surface area contributed by atoms with Crippen molar-refractivity contribution in [2.45, 2.75) is 50.0 Å². The molecule has 2 bridgehead atoms. The van der Waals surface area contributed by atoms with Crippen molar-refractivity contribution in [1.29, 1.82) is 0 Å². The van der Waals surface area contributed by atoms with Crippen LogP contribution in [0.1, 0.15) is 53.9 Å². The first-order valence-corrected chi connectivity index (χ1v) is 11.1. The Balaban J connectivity index is 1.62. The van der Waals surface area contributed by atoms with Crippen molar-refractivity contribution in [1.82, 2.24) is 10.6 Å². The van der Waals surface area contributed by atoms with Crippen LogP contribution in [0.4, 0.5) is 4.79 Å². The lowest BCUT2D eigenvalue weighted by Crippen LogP contribution is -2.52. The quantitative estimate of drug-likeness (QED) is 0.580. The van der Waals surface area contributed by atoms with Gasteiger partial charge in [0.05, 0.1) is 0 Å². The van der Waals surface area contributed by atoms with E-state index in [9.17, 15) is 4.79 Å². The van der Waals surface area contributed by atoms with Gasteiger partial charge in [0.15, 0.2) is 0 Å². The minimum Gasteiger partial charge on any atom is -0.322 e. The summed E-state index contributed by atoms with van der Waals surface area (Å²) in [6.45, 7) is 0. The van der Waals surface area contributed by atoms with Crippen LogP contribution in [0.15, 0.2) is 58.7 Å². The van der Waals surface area contributed by atoms with Gasteiger partial charge in [-0.2, -0.15) is 0 Å². The number of nitrogens with one attached hydrogen (secondary N) is 2. The topological polar surface area (TPSA) is 41.1 Å². The largest absolute Gasteiger partial charge is 0.322 e. The third kappa shape index (κ3) is 2.07. The van der Waals surface area contributed by atoms with E-state index < -0.39 is 5.54 Å². The summed E-state index contributed by atoms with van der Waals surface area (Å²) in [7, 11) is 0. The van der Waals surface area contributed by atoms with E-state index in [1.54, 1.807) is 0 Å². The Hall–Kier alpha value is -2.07. The molecule has 4 aliphatic rings. The molecule has 3 unspecified atom stereocenters. The number of hydrogen-bond acceptors (Lipinski definition) is 1. The summed E-state index contributed by atoms with van der Waals surface area (Å²) < 4.78 is 1.08. The smallest absolute Gasteiger partial charge is 0.320 e. The number of carbonyl (C=O) groups excluding carboxylic acids is 1. The fraction of sp³-hybridized carbons (Fsp3) is 0.375. The van der Waals surface area contributed by atoms with Crippen LogP contribution in [0.5, 0.6) is 0 Å². The maximum Gasteiger partial charge on any atom is 0.320 e. The molecule has 1 aliphatic heterocycles. The van der Waals surface area contributed by atoms with Gasteiger partial charge in [-0.15, -0.1) is 0 Å². The van der Waals surface area contributed by atoms with Crippen molar-refractivity contribution in [2.75, 3.05) is 0 Å². The third-order valence-corrected chi connectivity index (χ3v) is 8.12. The first kappa shape index (κ1) is 16.8. The molecule has 4 heteroatoms. The van der Waals surface area contributed by atoms with Gasteiger partial charge >= 0.3 is 6.03 Å². The van der Waals surface area contributed by atoms with E-state index in [1.807, 2.05) is 0 Å². The molecule has 2 spiro atoms. The number of allylic oxidation sites excluding steroid dienone is 1. The second kappa shape index (κ2) is 5.73. The fourth-order valence-electron chi connectivity index (χ4n) is 6.56. The van der Waals surface area contributed by atoms with Crippen LogP contribution in [0.25, 0.3) is 0 Å². The number of aryl methyl sites for hydroxylation is 1. The zero-order chi connectivity index (χ0) is 18.9. The molecular weight excluding hydrogens is 412 g/mol. The van der Waals surface area contributed by atoms with Gasteiger partial charge in [-0.3, -0.25) is 0 Å². The van der Waals surface area contributed by atoms with E-state index in [4.69, 9.17) is 0 Å². The number of amides is 2. The van der Waals surface area contributed by atoms with Gasteiger partial charge in [0, 0.05) is 15.6 Å². The van der Waals surface area contributed by atoms with Crippen LogP contribution in [0, 0.1) is 5.41 Å². The number of rotatable bonds is 0. The van der Waals surface area contributed by atoms with Gasteiger partial charge in [-0.25, -0.2) is 4.79 Å². The summed E-state index contributed by atoms with van der Waals surface area (Å²) in [5.74, 6) is 0.545. The highest BCUT2D eigenvalue weighted by atomic mass is 79.9. The van der Waals surface area contributed by atoms with Crippen molar-refractivity contribution in [3.8, 4) is 0 Å². The van der Waals surface area contributed by atoms with E-state index >= 15 is 0 Å². The first-order chi connectivity index (χ1) is 13.6. The normalized spacial score (nSPS) is 32.4. The Bertz CT molecular complexity index is 1040. The second-order valence-corrected chi connectivity index (χ2v) is 9.80. The molecule has 2 aromatic carbocycles. The molecule has 0 radical (unpaired) electrons. The van der Waals surface area contributed by atoms with Crippen molar-refractivity contribution >= 4 is 22.0 Å². The Kier molecular flexibility index (Phi) is 3.45. The fourth-order valence-corrected chi connectivity index (χ4v) is 6.92. The van der Waals surface area contributed by atoms with Crippen LogP contribution in [-0.4, -0.2) is 6.03 Å². The summed E-state index contributed by atoms with van der Waals surface area (Å²) in [6.07, 6.45) is 8.75. The zero-order valence-electron chi connectivity index (χ0n) is 15.7. The van der Waals surface area contributed by atoms with Crippen molar-refractivity contribution in [2.24, 2.45) is 5.41 Å². The van der Waals surface area contributed by atoms with Gasteiger partial charge in [-0.05, 0) is 78.8 Å². The standard InChI is InChI=1S/C24H23BrN2O/c25-18-9-8-17-14-23-11-10-15-4-1-2-6-19(15)16(13-23)5-3-7-21-24(23,20(17)12-18)27-22(28)26-21/h1-2,4,6-9,12,16H,3,5,10-11,13-14H2,(H2,26,27,28). The minimum absolute atomic E-state index is 0.00519. The highest BCUT2D eigenvalue weighted by Crippen LogP contribution is 2.63. The summed E-state index contributed by atoms with van der Waals surface area (Å²) in [5, 5.41) is 6.63. The molecule has 0 saturated carbocycles. The summed E-state index contributed by atoms with van der Waals surface area (Å²) >= 11 is 3.68. The summed E-state index contributed by atoms with van der Waals surface area (Å²) in [4.78, 5) is 12.7. The van der Waals surface area contributed by atoms with E-state index in [2.05, 4.69) is 75.1 Å². The Morgan fingerprint density at radius 3 is 2.93 bits per heavy atom. The predicted octanol–water partition coefficient (Wildman–Crippen LogP) is 5.30.